The molecule has 1 saturated heterocycles. The molecule has 2 N–H and O–H groups in total. The van der Waals surface area contributed by atoms with E-state index in [1.807, 2.05) is 0 Å². The van der Waals surface area contributed by atoms with Crippen LogP contribution in [0.3, 0.4) is 0 Å². The summed E-state index contributed by atoms with van der Waals surface area (Å²) in [5.74, 6) is 0. The predicted octanol–water partition coefficient (Wildman–Crippen LogP) is -0.253. The van der Waals surface area contributed by atoms with Crippen LogP contribution in [0.2, 0.25) is 0 Å². The molecular formula is C7H15NO2. The second kappa shape index (κ2) is 3.32. The maximum absolute atomic E-state index is 9.01. The standard InChI is InChI=1S/C7H15NO2/c1-10-6-7(5-9)3-2-4-8-7/h8-9H,2-6H2,1H3. The van der Waals surface area contributed by atoms with E-state index in [0.29, 0.717) is 6.61 Å². The van der Waals surface area contributed by atoms with Crippen molar-refractivity contribution in [3.05, 3.63) is 0 Å². The van der Waals surface area contributed by atoms with E-state index in [1.165, 1.54) is 0 Å². The summed E-state index contributed by atoms with van der Waals surface area (Å²) in [6.45, 7) is 1.80. The summed E-state index contributed by atoms with van der Waals surface area (Å²) in [6, 6.07) is 0. The SMILES string of the molecule is COCC1(CO)CCCN1. The van der Waals surface area contributed by atoms with Crippen LogP contribution in [0.1, 0.15) is 12.8 Å². The average molecular weight is 145 g/mol. The maximum atomic E-state index is 9.01. The normalized spacial score (nSPS) is 33.0. The third kappa shape index (κ3) is 1.48. The molecule has 0 spiro atoms. The number of aliphatic hydroxyl groups excluding tert-OH is 1. The molecule has 1 aliphatic rings. The van der Waals surface area contributed by atoms with E-state index >= 15 is 0 Å². The zero-order valence-electron chi connectivity index (χ0n) is 6.39. The monoisotopic (exact) mass is 145 g/mol. The highest BCUT2D eigenvalue weighted by Crippen LogP contribution is 2.18. The lowest BCUT2D eigenvalue weighted by Gasteiger charge is -2.25. The number of hydrogen-bond donors (Lipinski definition) is 2. The summed E-state index contributed by atoms with van der Waals surface area (Å²) >= 11 is 0. The van der Waals surface area contributed by atoms with Gasteiger partial charge in [0.05, 0.1) is 18.8 Å². The number of ether oxygens (including phenoxy) is 1. The van der Waals surface area contributed by atoms with Gasteiger partial charge in [-0.05, 0) is 19.4 Å². The minimum atomic E-state index is -0.130. The molecular weight excluding hydrogens is 130 g/mol. The number of rotatable bonds is 3. The van der Waals surface area contributed by atoms with E-state index in [1.54, 1.807) is 7.11 Å². The van der Waals surface area contributed by atoms with Crippen LogP contribution in [0.4, 0.5) is 0 Å². The fourth-order valence-corrected chi connectivity index (χ4v) is 1.45. The highest BCUT2D eigenvalue weighted by Gasteiger charge is 2.32. The van der Waals surface area contributed by atoms with Crippen molar-refractivity contribution in [1.29, 1.82) is 0 Å². The van der Waals surface area contributed by atoms with Gasteiger partial charge in [0, 0.05) is 7.11 Å². The van der Waals surface area contributed by atoms with E-state index in [-0.39, 0.29) is 12.1 Å². The summed E-state index contributed by atoms with van der Waals surface area (Å²) in [6.07, 6.45) is 2.17. The molecule has 1 atom stereocenters. The van der Waals surface area contributed by atoms with Crippen molar-refractivity contribution in [2.24, 2.45) is 0 Å². The van der Waals surface area contributed by atoms with Crippen molar-refractivity contribution in [3.8, 4) is 0 Å². The largest absolute Gasteiger partial charge is 0.394 e. The number of nitrogens with one attached hydrogen (secondary N) is 1. The smallest absolute Gasteiger partial charge is 0.0667 e. The Labute approximate surface area is 61.4 Å². The van der Waals surface area contributed by atoms with Crippen LogP contribution in [-0.4, -0.2) is 37.5 Å². The first kappa shape index (κ1) is 7.98. The quantitative estimate of drug-likeness (QED) is 0.575. The van der Waals surface area contributed by atoms with Gasteiger partial charge in [-0.25, -0.2) is 0 Å². The van der Waals surface area contributed by atoms with Crippen LogP contribution in [0.25, 0.3) is 0 Å². The van der Waals surface area contributed by atoms with Crippen molar-refractivity contribution in [3.63, 3.8) is 0 Å². The lowest BCUT2D eigenvalue weighted by atomic mass is 10.0. The second-order valence-electron chi connectivity index (χ2n) is 2.90. The molecule has 1 fully saturated rings. The number of methoxy groups -OCH3 is 1. The first-order valence-corrected chi connectivity index (χ1v) is 3.68. The first-order valence-electron chi connectivity index (χ1n) is 3.68. The van der Waals surface area contributed by atoms with Crippen LogP contribution < -0.4 is 5.32 Å². The van der Waals surface area contributed by atoms with Crippen molar-refractivity contribution in [2.45, 2.75) is 18.4 Å². The van der Waals surface area contributed by atoms with Crippen LogP contribution in [0.15, 0.2) is 0 Å². The van der Waals surface area contributed by atoms with Gasteiger partial charge in [0.25, 0.3) is 0 Å². The second-order valence-corrected chi connectivity index (χ2v) is 2.90. The third-order valence-corrected chi connectivity index (χ3v) is 2.06. The molecule has 0 radical (unpaired) electrons. The topological polar surface area (TPSA) is 41.5 Å². The van der Waals surface area contributed by atoms with Crippen LogP contribution in [-0.2, 0) is 4.74 Å². The van der Waals surface area contributed by atoms with Gasteiger partial charge in [0.2, 0.25) is 0 Å². The van der Waals surface area contributed by atoms with Gasteiger partial charge in [0.1, 0.15) is 0 Å². The lowest BCUT2D eigenvalue weighted by molar-refractivity contribution is 0.0745. The van der Waals surface area contributed by atoms with E-state index in [4.69, 9.17) is 9.84 Å². The zero-order chi connectivity index (χ0) is 7.45. The molecule has 1 aliphatic heterocycles. The number of hydrogen-bond acceptors (Lipinski definition) is 3. The van der Waals surface area contributed by atoms with E-state index < -0.39 is 0 Å². The van der Waals surface area contributed by atoms with Crippen molar-refractivity contribution >= 4 is 0 Å². The van der Waals surface area contributed by atoms with Gasteiger partial charge in [0.15, 0.2) is 0 Å². The van der Waals surface area contributed by atoms with E-state index in [0.717, 1.165) is 19.4 Å². The molecule has 60 valence electrons. The molecule has 1 unspecified atom stereocenters. The van der Waals surface area contributed by atoms with Crippen molar-refractivity contribution < 1.29 is 9.84 Å². The summed E-state index contributed by atoms with van der Waals surface area (Å²) < 4.78 is 5.00. The predicted molar refractivity (Wildman–Crippen MR) is 38.9 cm³/mol. The summed E-state index contributed by atoms with van der Waals surface area (Å²) in [5.41, 5.74) is -0.130. The Bertz CT molecular complexity index is 99.8. The van der Waals surface area contributed by atoms with E-state index in [2.05, 4.69) is 5.32 Å². The van der Waals surface area contributed by atoms with Crippen LogP contribution in [0.5, 0.6) is 0 Å². The minimum absolute atomic E-state index is 0.130. The maximum Gasteiger partial charge on any atom is 0.0667 e. The Hall–Kier alpha value is -0.120. The highest BCUT2D eigenvalue weighted by atomic mass is 16.5. The Kier molecular flexibility index (Phi) is 2.65. The van der Waals surface area contributed by atoms with Gasteiger partial charge in [-0.1, -0.05) is 0 Å². The minimum Gasteiger partial charge on any atom is -0.394 e. The van der Waals surface area contributed by atoms with E-state index in [9.17, 15) is 0 Å². The van der Waals surface area contributed by atoms with Gasteiger partial charge in [-0.3, -0.25) is 0 Å². The molecule has 0 aliphatic carbocycles. The molecule has 0 amide bonds. The Morgan fingerprint density at radius 1 is 1.70 bits per heavy atom. The van der Waals surface area contributed by atoms with Gasteiger partial charge in [-0.2, -0.15) is 0 Å². The molecule has 3 nitrogen and oxygen atoms in total. The third-order valence-electron chi connectivity index (χ3n) is 2.06. The van der Waals surface area contributed by atoms with Gasteiger partial charge < -0.3 is 15.2 Å². The zero-order valence-corrected chi connectivity index (χ0v) is 6.39. The van der Waals surface area contributed by atoms with Crippen molar-refractivity contribution in [2.75, 3.05) is 26.9 Å². The molecule has 0 aromatic carbocycles. The molecule has 0 aromatic heterocycles. The summed E-state index contributed by atoms with van der Waals surface area (Å²) in [7, 11) is 1.66. The molecule has 0 saturated carbocycles. The average Bonchev–Trinajstić information content (AvgIpc) is 2.39. The fraction of sp³-hybridized carbons (Fsp3) is 1.00. The Balaban J connectivity index is 2.41. The molecule has 3 heteroatoms. The van der Waals surface area contributed by atoms with Crippen molar-refractivity contribution in [1.82, 2.24) is 5.32 Å². The Morgan fingerprint density at radius 2 is 2.50 bits per heavy atom. The van der Waals surface area contributed by atoms with Gasteiger partial charge in [-0.15, -0.1) is 0 Å². The fourth-order valence-electron chi connectivity index (χ4n) is 1.45. The van der Waals surface area contributed by atoms with Crippen LogP contribution >= 0.6 is 0 Å². The highest BCUT2D eigenvalue weighted by molar-refractivity contribution is 4.92. The molecule has 0 aromatic rings. The molecule has 1 heterocycles. The summed E-state index contributed by atoms with van der Waals surface area (Å²) in [4.78, 5) is 0. The van der Waals surface area contributed by atoms with Crippen LogP contribution in [0, 0.1) is 0 Å². The Morgan fingerprint density at radius 3 is 2.90 bits per heavy atom. The first-order chi connectivity index (χ1) is 4.83. The number of aliphatic hydroxyl groups is 1. The summed E-state index contributed by atoms with van der Waals surface area (Å²) in [5, 5.41) is 12.3. The molecule has 10 heavy (non-hydrogen) atoms. The molecule has 1 rings (SSSR count). The van der Waals surface area contributed by atoms with Gasteiger partial charge >= 0.3 is 0 Å². The lowest BCUT2D eigenvalue weighted by Crippen LogP contribution is -2.47. The molecule has 0 bridgehead atoms.